The molecule has 0 aromatic heterocycles. The molecule has 3 heteroatoms. The van der Waals surface area contributed by atoms with E-state index in [9.17, 15) is 4.79 Å². The first kappa shape index (κ1) is 9.00. The molecule has 0 aromatic rings. The first-order valence-corrected chi connectivity index (χ1v) is 4.87. The van der Waals surface area contributed by atoms with E-state index in [-0.39, 0.29) is 11.9 Å². The molecule has 2 aliphatic rings. The highest BCUT2D eigenvalue weighted by atomic mass is 16.5. The lowest BCUT2D eigenvalue weighted by atomic mass is 9.87. The smallest absolute Gasteiger partial charge is 0.308 e. The molecule has 3 nitrogen and oxygen atoms in total. The standard InChI is InChI=1S/C10H16O3/c1-12-9-5-6-3-7(9)4-8(6)10(11)13-2/h6-9H,3-5H2,1-2H3. The highest BCUT2D eigenvalue weighted by Crippen LogP contribution is 2.49. The Morgan fingerprint density at radius 1 is 1.15 bits per heavy atom. The van der Waals surface area contributed by atoms with E-state index in [2.05, 4.69) is 0 Å². The van der Waals surface area contributed by atoms with Gasteiger partial charge in [-0.15, -0.1) is 0 Å². The fraction of sp³-hybridized carbons (Fsp3) is 0.900. The zero-order chi connectivity index (χ0) is 9.42. The molecule has 2 rings (SSSR count). The molecule has 13 heavy (non-hydrogen) atoms. The van der Waals surface area contributed by atoms with Crippen molar-refractivity contribution in [1.29, 1.82) is 0 Å². The van der Waals surface area contributed by atoms with Gasteiger partial charge in [-0.1, -0.05) is 0 Å². The van der Waals surface area contributed by atoms with Crippen molar-refractivity contribution in [2.45, 2.75) is 25.4 Å². The minimum atomic E-state index is -0.0259. The summed E-state index contributed by atoms with van der Waals surface area (Å²) in [7, 11) is 3.24. The van der Waals surface area contributed by atoms with Crippen LogP contribution >= 0.6 is 0 Å². The van der Waals surface area contributed by atoms with E-state index in [1.807, 2.05) is 0 Å². The van der Waals surface area contributed by atoms with E-state index < -0.39 is 0 Å². The van der Waals surface area contributed by atoms with Crippen LogP contribution in [0.2, 0.25) is 0 Å². The minimum absolute atomic E-state index is 0.0259. The number of methoxy groups -OCH3 is 2. The Hall–Kier alpha value is -0.570. The van der Waals surface area contributed by atoms with Crippen LogP contribution in [-0.4, -0.2) is 26.3 Å². The Kier molecular flexibility index (Phi) is 2.28. The van der Waals surface area contributed by atoms with Gasteiger partial charge < -0.3 is 9.47 Å². The molecule has 0 saturated heterocycles. The molecule has 0 radical (unpaired) electrons. The Bertz CT molecular complexity index is 214. The number of hydrogen-bond acceptors (Lipinski definition) is 3. The van der Waals surface area contributed by atoms with Gasteiger partial charge in [-0.2, -0.15) is 0 Å². The molecule has 0 aromatic carbocycles. The summed E-state index contributed by atoms with van der Waals surface area (Å²) in [6.07, 6.45) is 3.56. The number of ether oxygens (including phenoxy) is 2. The minimum Gasteiger partial charge on any atom is -0.469 e. The predicted octanol–water partition coefficient (Wildman–Crippen LogP) is 1.22. The number of hydrogen-bond donors (Lipinski definition) is 0. The van der Waals surface area contributed by atoms with Gasteiger partial charge in [-0.3, -0.25) is 4.79 Å². The van der Waals surface area contributed by atoms with Gasteiger partial charge in [0.05, 0.1) is 19.1 Å². The number of carbonyl (C=O) groups is 1. The molecule has 0 heterocycles. The van der Waals surface area contributed by atoms with Crippen molar-refractivity contribution in [3.8, 4) is 0 Å². The monoisotopic (exact) mass is 184 g/mol. The molecule has 2 aliphatic carbocycles. The van der Waals surface area contributed by atoms with Crippen molar-refractivity contribution in [1.82, 2.24) is 0 Å². The van der Waals surface area contributed by atoms with E-state index in [0.717, 1.165) is 19.3 Å². The van der Waals surface area contributed by atoms with Crippen LogP contribution < -0.4 is 0 Å². The number of carbonyl (C=O) groups excluding carboxylic acids is 1. The molecule has 0 aliphatic heterocycles. The zero-order valence-electron chi connectivity index (χ0n) is 8.16. The molecule has 74 valence electrons. The summed E-state index contributed by atoms with van der Waals surface area (Å²) in [5.74, 6) is 1.24. The fourth-order valence-electron chi connectivity index (χ4n) is 2.95. The highest BCUT2D eigenvalue weighted by molar-refractivity contribution is 5.73. The number of esters is 1. The van der Waals surface area contributed by atoms with Crippen LogP contribution in [0.5, 0.6) is 0 Å². The third-order valence-corrected chi connectivity index (χ3v) is 3.60. The summed E-state index contributed by atoms with van der Waals surface area (Å²) in [6.45, 7) is 0. The first-order chi connectivity index (χ1) is 6.26. The van der Waals surface area contributed by atoms with E-state index in [4.69, 9.17) is 9.47 Å². The molecule has 0 N–H and O–H groups in total. The van der Waals surface area contributed by atoms with Crippen LogP contribution in [0, 0.1) is 17.8 Å². The summed E-state index contributed by atoms with van der Waals surface area (Å²) in [5, 5.41) is 0. The maximum Gasteiger partial charge on any atom is 0.308 e. The average Bonchev–Trinajstić information content (AvgIpc) is 2.74. The normalized spacial score (nSPS) is 42.3. The van der Waals surface area contributed by atoms with Gasteiger partial charge in [0.15, 0.2) is 0 Å². The second-order valence-electron chi connectivity index (χ2n) is 4.13. The van der Waals surface area contributed by atoms with Gasteiger partial charge in [-0.05, 0) is 31.1 Å². The van der Waals surface area contributed by atoms with Crippen LogP contribution in [0.3, 0.4) is 0 Å². The van der Waals surface area contributed by atoms with Gasteiger partial charge >= 0.3 is 5.97 Å². The second-order valence-corrected chi connectivity index (χ2v) is 4.13. The molecule has 2 fully saturated rings. The molecule has 0 spiro atoms. The van der Waals surface area contributed by atoms with Crippen LogP contribution in [0.4, 0.5) is 0 Å². The molecule has 0 amide bonds. The maximum atomic E-state index is 11.3. The Morgan fingerprint density at radius 3 is 2.38 bits per heavy atom. The van der Waals surface area contributed by atoms with Gasteiger partial charge in [-0.25, -0.2) is 0 Å². The van der Waals surface area contributed by atoms with Gasteiger partial charge in [0, 0.05) is 7.11 Å². The second kappa shape index (κ2) is 3.29. The van der Waals surface area contributed by atoms with Crippen LogP contribution in [0.25, 0.3) is 0 Å². The summed E-state index contributed by atoms with van der Waals surface area (Å²) < 4.78 is 10.1. The summed E-state index contributed by atoms with van der Waals surface area (Å²) in [5.41, 5.74) is 0. The summed E-state index contributed by atoms with van der Waals surface area (Å²) in [6, 6.07) is 0. The van der Waals surface area contributed by atoms with Crippen molar-refractivity contribution in [2.24, 2.45) is 17.8 Å². The van der Waals surface area contributed by atoms with Crippen molar-refractivity contribution < 1.29 is 14.3 Å². The van der Waals surface area contributed by atoms with Crippen molar-refractivity contribution >= 4 is 5.97 Å². The third-order valence-electron chi connectivity index (χ3n) is 3.60. The lowest BCUT2D eigenvalue weighted by molar-refractivity contribution is -0.148. The van der Waals surface area contributed by atoms with Gasteiger partial charge in [0.2, 0.25) is 0 Å². The SMILES string of the molecule is COC(=O)C1CC2CC1CC2OC. The van der Waals surface area contributed by atoms with Crippen molar-refractivity contribution in [3.05, 3.63) is 0 Å². The van der Waals surface area contributed by atoms with Crippen LogP contribution in [0.1, 0.15) is 19.3 Å². The van der Waals surface area contributed by atoms with Gasteiger partial charge in [0.1, 0.15) is 0 Å². The molecule has 4 unspecified atom stereocenters. The number of rotatable bonds is 2. The average molecular weight is 184 g/mol. The third kappa shape index (κ3) is 1.35. The quantitative estimate of drug-likeness (QED) is 0.605. The molecular weight excluding hydrogens is 168 g/mol. The zero-order valence-corrected chi connectivity index (χ0v) is 8.16. The fourth-order valence-corrected chi connectivity index (χ4v) is 2.95. The topological polar surface area (TPSA) is 35.5 Å². The Labute approximate surface area is 78.4 Å². The largest absolute Gasteiger partial charge is 0.469 e. The predicted molar refractivity (Wildman–Crippen MR) is 47.1 cm³/mol. The summed E-state index contributed by atoms with van der Waals surface area (Å²) in [4.78, 5) is 11.3. The first-order valence-electron chi connectivity index (χ1n) is 4.87. The summed E-state index contributed by atoms with van der Waals surface area (Å²) >= 11 is 0. The lowest BCUT2D eigenvalue weighted by Gasteiger charge is -2.25. The number of fused-ring (bicyclic) bond motifs is 2. The van der Waals surface area contributed by atoms with E-state index >= 15 is 0 Å². The van der Waals surface area contributed by atoms with E-state index in [1.54, 1.807) is 7.11 Å². The Morgan fingerprint density at radius 2 is 1.92 bits per heavy atom. The van der Waals surface area contributed by atoms with Crippen molar-refractivity contribution in [2.75, 3.05) is 14.2 Å². The van der Waals surface area contributed by atoms with Crippen molar-refractivity contribution in [3.63, 3.8) is 0 Å². The van der Waals surface area contributed by atoms with Gasteiger partial charge in [0.25, 0.3) is 0 Å². The lowest BCUT2D eigenvalue weighted by Crippen LogP contribution is -2.28. The maximum absolute atomic E-state index is 11.3. The highest BCUT2D eigenvalue weighted by Gasteiger charge is 2.49. The van der Waals surface area contributed by atoms with E-state index in [0.29, 0.717) is 17.9 Å². The molecular formula is C10H16O3. The molecule has 2 bridgehead atoms. The molecule has 2 saturated carbocycles. The van der Waals surface area contributed by atoms with E-state index in [1.165, 1.54) is 7.11 Å². The Balaban J connectivity index is 1.99. The van der Waals surface area contributed by atoms with Crippen LogP contribution in [0.15, 0.2) is 0 Å². The van der Waals surface area contributed by atoms with Crippen LogP contribution in [-0.2, 0) is 14.3 Å². The molecule has 4 atom stereocenters.